The van der Waals surface area contributed by atoms with Crippen molar-refractivity contribution in [3.8, 4) is 6.07 Å². The van der Waals surface area contributed by atoms with E-state index in [1.54, 1.807) is 6.07 Å². The van der Waals surface area contributed by atoms with E-state index in [1.807, 2.05) is 42.5 Å². The van der Waals surface area contributed by atoms with Gasteiger partial charge in [-0.1, -0.05) is 30.3 Å². The number of hydrogen-bond acceptors (Lipinski definition) is 5. The van der Waals surface area contributed by atoms with Gasteiger partial charge in [-0.25, -0.2) is 0 Å². The van der Waals surface area contributed by atoms with Gasteiger partial charge in [-0.15, -0.1) is 0 Å². The van der Waals surface area contributed by atoms with Crippen LogP contribution in [0.4, 0.5) is 5.88 Å². The van der Waals surface area contributed by atoms with Gasteiger partial charge in [0, 0.05) is 31.8 Å². The molecule has 1 fully saturated rings. The number of carbonyl (C=O) groups excluding carboxylic acids is 1. The highest BCUT2D eigenvalue weighted by Gasteiger charge is 2.15. The van der Waals surface area contributed by atoms with Crippen molar-refractivity contribution in [1.29, 1.82) is 5.26 Å². The van der Waals surface area contributed by atoms with E-state index in [0.717, 1.165) is 24.5 Å². The zero-order valence-electron chi connectivity index (χ0n) is 14.5. The number of benzene rings is 1. The zero-order valence-corrected chi connectivity index (χ0v) is 14.5. The summed E-state index contributed by atoms with van der Waals surface area (Å²) in [7, 11) is 0. The first-order valence-electron chi connectivity index (χ1n) is 8.63. The molecule has 1 aliphatic rings. The third-order valence-electron chi connectivity index (χ3n) is 4.13. The van der Waals surface area contributed by atoms with Crippen molar-refractivity contribution in [2.75, 3.05) is 37.7 Å². The smallest absolute Gasteiger partial charge is 0.262 e. The Hall–Kier alpha value is -3.04. The van der Waals surface area contributed by atoms with Gasteiger partial charge < -0.3 is 19.4 Å². The van der Waals surface area contributed by atoms with Crippen molar-refractivity contribution in [3.63, 3.8) is 0 Å². The average molecular weight is 351 g/mol. The minimum atomic E-state index is -0.396. The van der Waals surface area contributed by atoms with Crippen molar-refractivity contribution < 1.29 is 13.9 Å². The second kappa shape index (κ2) is 8.88. The number of nitriles is 1. The van der Waals surface area contributed by atoms with Crippen LogP contribution in [0, 0.1) is 11.3 Å². The van der Waals surface area contributed by atoms with Crippen LogP contribution in [-0.2, 0) is 16.0 Å². The number of amides is 1. The highest BCUT2D eigenvalue weighted by atomic mass is 16.5. The molecular weight excluding hydrogens is 330 g/mol. The second-order valence-electron chi connectivity index (χ2n) is 5.94. The van der Waals surface area contributed by atoms with Gasteiger partial charge in [0.2, 0.25) is 0 Å². The van der Waals surface area contributed by atoms with Crippen LogP contribution < -0.4 is 10.2 Å². The fourth-order valence-corrected chi connectivity index (χ4v) is 2.72. The van der Waals surface area contributed by atoms with Crippen molar-refractivity contribution in [2.24, 2.45) is 0 Å². The number of nitrogens with one attached hydrogen (secondary N) is 1. The van der Waals surface area contributed by atoms with E-state index in [9.17, 15) is 10.1 Å². The van der Waals surface area contributed by atoms with E-state index in [0.29, 0.717) is 31.9 Å². The summed E-state index contributed by atoms with van der Waals surface area (Å²) in [6, 6.07) is 15.4. The minimum Gasteiger partial charge on any atom is -0.441 e. The number of rotatable bonds is 6. The van der Waals surface area contributed by atoms with Gasteiger partial charge in [0.15, 0.2) is 5.88 Å². The Morgan fingerprint density at radius 1 is 1.19 bits per heavy atom. The van der Waals surface area contributed by atoms with Gasteiger partial charge in [-0.2, -0.15) is 5.26 Å². The molecular formula is C20H21N3O3. The summed E-state index contributed by atoms with van der Waals surface area (Å²) in [5, 5.41) is 12.1. The Balaban J connectivity index is 1.58. The fourth-order valence-electron chi connectivity index (χ4n) is 2.72. The van der Waals surface area contributed by atoms with Gasteiger partial charge in [-0.05, 0) is 18.1 Å². The molecule has 0 unspecified atom stereocenters. The maximum atomic E-state index is 12.2. The van der Waals surface area contributed by atoms with E-state index in [1.165, 1.54) is 6.08 Å². The van der Waals surface area contributed by atoms with Crippen molar-refractivity contribution in [2.45, 2.75) is 6.42 Å². The second-order valence-corrected chi connectivity index (χ2v) is 5.94. The molecule has 1 aliphatic heterocycles. The largest absolute Gasteiger partial charge is 0.441 e. The lowest BCUT2D eigenvalue weighted by Crippen LogP contribution is -2.35. The quantitative estimate of drug-likeness (QED) is 0.639. The van der Waals surface area contributed by atoms with Crippen molar-refractivity contribution in [1.82, 2.24) is 5.32 Å². The first-order valence-corrected chi connectivity index (χ1v) is 8.63. The van der Waals surface area contributed by atoms with Crippen LogP contribution >= 0.6 is 0 Å². The SMILES string of the molecule is N#C/C(=C\c1ccc(N2CCOCC2)o1)C(=O)NCCc1ccccc1. The summed E-state index contributed by atoms with van der Waals surface area (Å²) in [6.45, 7) is 3.33. The summed E-state index contributed by atoms with van der Waals surface area (Å²) in [5.41, 5.74) is 1.16. The molecule has 1 aromatic carbocycles. The Labute approximate surface area is 152 Å². The number of anilines is 1. The molecule has 134 valence electrons. The van der Waals surface area contributed by atoms with Crippen LogP contribution in [-0.4, -0.2) is 38.8 Å². The van der Waals surface area contributed by atoms with Crippen LogP contribution in [0.25, 0.3) is 6.08 Å². The molecule has 0 bridgehead atoms. The number of furan rings is 1. The monoisotopic (exact) mass is 351 g/mol. The van der Waals surface area contributed by atoms with Crippen LogP contribution in [0.5, 0.6) is 0 Å². The number of nitrogens with zero attached hydrogens (tertiary/aromatic N) is 2. The molecule has 2 aromatic rings. The summed E-state index contributed by atoms with van der Waals surface area (Å²) in [5.74, 6) is 0.815. The van der Waals surface area contributed by atoms with Crippen LogP contribution in [0.3, 0.4) is 0 Å². The first-order chi connectivity index (χ1) is 12.8. The summed E-state index contributed by atoms with van der Waals surface area (Å²) in [4.78, 5) is 14.3. The average Bonchev–Trinajstić information content (AvgIpc) is 3.16. The van der Waals surface area contributed by atoms with Crippen molar-refractivity contribution in [3.05, 3.63) is 59.4 Å². The number of carbonyl (C=O) groups is 1. The van der Waals surface area contributed by atoms with E-state index in [-0.39, 0.29) is 5.57 Å². The van der Waals surface area contributed by atoms with Crippen molar-refractivity contribution >= 4 is 17.9 Å². The Kier molecular flexibility index (Phi) is 6.07. The molecule has 0 aliphatic carbocycles. The van der Waals surface area contributed by atoms with Gasteiger partial charge in [0.05, 0.1) is 13.2 Å². The van der Waals surface area contributed by atoms with E-state index >= 15 is 0 Å². The third-order valence-corrected chi connectivity index (χ3v) is 4.13. The Morgan fingerprint density at radius 2 is 1.96 bits per heavy atom. The van der Waals surface area contributed by atoms with Crippen LogP contribution in [0.1, 0.15) is 11.3 Å². The maximum Gasteiger partial charge on any atom is 0.262 e. The predicted molar refractivity (Wildman–Crippen MR) is 98.5 cm³/mol. The minimum absolute atomic E-state index is 0.0286. The zero-order chi connectivity index (χ0) is 18.2. The molecule has 1 saturated heterocycles. The van der Waals surface area contributed by atoms with Gasteiger partial charge >= 0.3 is 0 Å². The lowest BCUT2D eigenvalue weighted by atomic mass is 10.1. The number of morpholine rings is 1. The molecule has 1 aromatic heterocycles. The van der Waals surface area contributed by atoms with Gasteiger partial charge in [0.25, 0.3) is 5.91 Å². The highest BCUT2D eigenvalue weighted by molar-refractivity contribution is 6.01. The van der Waals surface area contributed by atoms with Gasteiger partial charge in [0.1, 0.15) is 17.4 Å². The lowest BCUT2D eigenvalue weighted by molar-refractivity contribution is -0.117. The maximum absolute atomic E-state index is 12.2. The summed E-state index contributed by atoms with van der Waals surface area (Å²) in [6.07, 6.45) is 2.19. The predicted octanol–water partition coefficient (Wildman–Crippen LogP) is 2.38. The molecule has 0 atom stereocenters. The number of hydrogen-bond donors (Lipinski definition) is 1. The molecule has 3 rings (SSSR count). The van der Waals surface area contributed by atoms with E-state index < -0.39 is 5.91 Å². The molecule has 6 heteroatoms. The molecule has 6 nitrogen and oxygen atoms in total. The topological polar surface area (TPSA) is 78.5 Å². The summed E-state index contributed by atoms with van der Waals surface area (Å²) >= 11 is 0. The Bertz CT molecular complexity index is 799. The molecule has 0 radical (unpaired) electrons. The van der Waals surface area contributed by atoms with Crippen LogP contribution in [0.15, 0.2) is 52.5 Å². The standard InChI is InChI=1S/C20H21N3O3/c21-15-17(20(24)22-9-8-16-4-2-1-3-5-16)14-18-6-7-19(26-18)23-10-12-25-13-11-23/h1-7,14H,8-13H2,(H,22,24)/b17-14+. The number of ether oxygens (including phenoxy) is 1. The molecule has 0 saturated carbocycles. The molecule has 1 N–H and O–H groups in total. The van der Waals surface area contributed by atoms with Gasteiger partial charge in [-0.3, -0.25) is 4.79 Å². The lowest BCUT2D eigenvalue weighted by Gasteiger charge is -2.26. The van der Waals surface area contributed by atoms with E-state index in [4.69, 9.17) is 9.15 Å². The molecule has 2 heterocycles. The molecule has 1 amide bonds. The normalized spacial score (nSPS) is 14.7. The fraction of sp³-hybridized carbons (Fsp3) is 0.300. The molecule has 26 heavy (non-hydrogen) atoms. The first kappa shape index (κ1) is 17.8. The summed E-state index contributed by atoms with van der Waals surface area (Å²) < 4.78 is 11.1. The van der Waals surface area contributed by atoms with E-state index in [2.05, 4.69) is 10.2 Å². The molecule has 0 spiro atoms. The van der Waals surface area contributed by atoms with Crippen LogP contribution in [0.2, 0.25) is 0 Å². The highest BCUT2D eigenvalue weighted by Crippen LogP contribution is 2.21. The Morgan fingerprint density at radius 3 is 2.69 bits per heavy atom. The third kappa shape index (κ3) is 4.74.